The van der Waals surface area contributed by atoms with E-state index >= 15 is 0 Å². The van der Waals surface area contributed by atoms with Gasteiger partial charge in [0, 0.05) is 12.6 Å². The molecule has 0 radical (unpaired) electrons. The van der Waals surface area contributed by atoms with Crippen LogP contribution in [0.5, 0.6) is 0 Å². The van der Waals surface area contributed by atoms with E-state index in [1.807, 2.05) is 0 Å². The van der Waals surface area contributed by atoms with Crippen molar-refractivity contribution in [2.24, 2.45) is 0 Å². The Morgan fingerprint density at radius 2 is 1.65 bits per heavy atom. The fourth-order valence-electron chi connectivity index (χ4n) is 1.93. The molecule has 0 aliphatic heterocycles. The maximum absolute atomic E-state index is 12.2. The van der Waals surface area contributed by atoms with Gasteiger partial charge in [-0.25, -0.2) is 18.2 Å². The third-order valence-corrected chi connectivity index (χ3v) is 3.82. The van der Waals surface area contributed by atoms with E-state index in [4.69, 9.17) is 0 Å². The van der Waals surface area contributed by atoms with Crippen LogP contribution in [-0.2, 0) is 10.0 Å². The maximum Gasteiger partial charge on any atom is 0.337 e. The van der Waals surface area contributed by atoms with E-state index in [9.17, 15) is 13.2 Å². The highest BCUT2D eigenvalue weighted by molar-refractivity contribution is 7.88. The molecule has 0 atom stereocenters. The van der Waals surface area contributed by atoms with Crippen molar-refractivity contribution in [2.45, 2.75) is 26.3 Å². The Morgan fingerprint density at radius 3 is 2.00 bits per heavy atom. The number of carbonyl (C=O) groups is 1. The zero-order valence-electron chi connectivity index (χ0n) is 12.4. The van der Waals surface area contributed by atoms with E-state index < -0.39 is 21.6 Å². The van der Waals surface area contributed by atoms with Crippen LogP contribution < -0.4 is 10.3 Å². The lowest BCUT2D eigenvalue weighted by molar-refractivity contribution is 0.206. The molecule has 0 aliphatic carbocycles. The lowest BCUT2D eigenvalue weighted by Gasteiger charge is -2.40. The number of sulfonamides is 1. The summed E-state index contributed by atoms with van der Waals surface area (Å²) in [7, 11) is -2.17. The molecule has 2 amide bonds. The van der Waals surface area contributed by atoms with Gasteiger partial charge in [-0.15, -0.1) is 4.41 Å². The van der Waals surface area contributed by atoms with Gasteiger partial charge >= 0.3 is 6.03 Å². The summed E-state index contributed by atoms with van der Waals surface area (Å²) in [5.74, 6) is 0. The van der Waals surface area contributed by atoms with Crippen LogP contribution in [0.15, 0.2) is 30.3 Å². The van der Waals surface area contributed by atoms with Crippen molar-refractivity contribution < 1.29 is 13.2 Å². The van der Waals surface area contributed by atoms with Gasteiger partial charge in [-0.2, -0.15) is 0 Å². The van der Waals surface area contributed by atoms with Crippen molar-refractivity contribution in [3.05, 3.63) is 30.3 Å². The Kier molecular flexibility index (Phi) is 4.77. The molecule has 0 fully saturated rings. The quantitative estimate of drug-likeness (QED) is 0.865. The second-order valence-electron chi connectivity index (χ2n) is 5.38. The van der Waals surface area contributed by atoms with Gasteiger partial charge in [0.05, 0.1) is 11.9 Å². The number of para-hydroxylation sites is 1. The lowest BCUT2D eigenvalue weighted by atomic mass is 10.1. The lowest BCUT2D eigenvalue weighted by Crippen LogP contribution is -2.59. The molecule has 0 aromatic heterocycles. The van der Waals surface area contributed by atoms with Crippen molar-refractivity contribution in [1.82, 2.24) is 9.73 Å². The van der Waals surface area contributed by atoms with Gasteiger partial charge < -0.3 is 5.32 Å². The number of amides is 2. The second kappa shape index (κ2) is 5.80. The van der Waals surface area contributed by atoms with Crippen LogP contribution >= 0.6 is 0 Å². The number of urea groups is 1. The van der Waals surface area contributed by atoms with Crippen LogP contribution in [0, 0.1) is 0 Å². The molecule has 1 N–H and O–H groups in total. The zero-order valence-corrected chi connectivity index (χ0v) is 13.2. The minimum Gasteiger partial charge on any atom is -0.340 e. The fourth-order valence-corrected chi connectivity index (χ4v) is 3.39. The normalized spacial score (nSPS) is 12.3. The van der Waals surface area contributed by atoms with E-state index in [0.717, 1.165) is 15.7 Å². The van der Waals surface area contributed by atoms with Crippen LogP contribution in [0.1, 0.15) is 20.8 Å². The first-order chi connectivity index (χ1) is 9.09. The van der Waals surface area contributed by atoms with Crippen LogP contribution in [0.25, 0.3) is 0 Å². The van der Waals surface area contributed by atoms with Crippen LogP contribution in [0.4, 0.5) is 10.5 Å². The highest BCUT2D eigenvalue weighted by Gasteiger charge is 2.38. The molecule has 1 aromatic rings. The average molecular weight is 299 g/mol. The molecule has 1 rings (SSSR count). The number of anilines is 1. The number of hydrogen-bond acceptors (Lipinski definition) is 3. The largest absolute Gasteiger partial charge is 0.340 e. The molecule has 0 bridgehead atoms. The van der Waals surface area contributed by atoms with E-state index in [2.05, 4.69) is 5.32 Å². The Balaban J connectivity index is 3.46. The molecular formula is C13H21N3O3S. The van der Waals surface area contributed by atoms with Gasteiger partial charge in [0.1, 0.15) is 0 Å². The zero-order chi connectivity index (χ0) is 15.6. The molecule has 6 nitrogen and oxygen atoms in total. The van der Waals surface area contributed by atoms with Gasteiger partial charge in [-0.05, 0) is 32.9 Å². The molecule has 0 spiro atoms. The van der Waals surface area contributed by atoms with Gasteiger partial charge in [0.2, 0.25) is 10.0 Å². The fraction of sp³-hybridized carbons (Fsp3) is 0.462. The number of hydrazine groups is 1. The van der Waals surface area contributed by atoms with E-state index in [-0.39, 0.29) is 0 Å². The molecule has 0 saturated heterocycles. The molecule has 0 aliphatic rings. The molecule has 7 heteroatoms. The Hall–Kier alpha value is -1.60. The smallest absolute Gasteiger partial charge is 0.337 e. The number of hydrogen-bond donors (Lipinski definition) is 1. The van der Waals surface area contributed by atoms with Crippen molar-refractivity contribution >= 4 is 21.7 Å². The average Bonchev–Trinajstić information content (AvgIpc) is 2.33. The van der Waals surface area contributed by atoms with Crippen LogP contribution in [0.3, 0.4) is 0 Å². The summed E-state index contributed by atoms with van der Waals surface area (Å²) >= 11 is 0. The first-order valence-corrected chi connectivity index (χ1v) is 8.01. The van der Waals surface area contributed by atoms with Crippen molar-refractivity contribution in [1.29, 1.82) is 0 Å². The molecule has 1 aromatic carbocycles. The molecule has 0 heterocycles. The molecule has 112 valence electrons. The van der Waals surface area contributed by atoms with Gasteiger partial charge in [0.25, 0.3) is 0 Å². The van der Waals surface area contributed by atoms with Gasteiger partial charge in [0.15, 0.2) is 0 Å². The van der Waals surface area contributed by atoms with Crippen LogP contribution in [-0.4, -0.2) is 37.7 Å². The molecule has 20 heavy (non-hydrogen) atoms. The standard InChI is InChI=1S/C13H21N3O3S/c1-13(2,3)16(20(5,18)19)15(12(17)14-4)11-9-7-6-8-10-11/h6-10H,1-5H3,(H,14,17). The number of rotatable bonds is 3. The van der Waals surface area contributed by atoms with Gasteiger partial charge in [-0.1, -0.05) is 18.2 Å². The van der Waals surface area contributed by atoms with Gasteiger partial charge in [-0.3, -0.25) is 0 Å². The van der Waals surface area contributed by atoms with Crippen molar-refractivity contribution in [2.75, 3.05) is 18.3 Å². The van der Waals surface area contributed by atoms with E-state index in [1.54, 1.807) is 51.1 Å². The number of carbonyl (C=O) groups excluding carboxylic acids is 1. The highest BCUT2D eigenvalue weighted by atomic mass is 32.2. The number of nitrogens with one attached hydrogen (secondary N) is 1. The van der Waals surface area contributed by atoms with E-state index in [1.165, 1.54) is 7.05 Å². The summed E-state index contributed by atoms with van der Waals surface area (Å²) in [5, 5.41) is 3.60. The summed E-state index contributed by atoms with van der Waals surface area (Å²) in [6.07, 6.45) is 1.08. The third kappa shape index (κ3) is 3.71. The first-order valence-electron chi connectivity index (χ1n) is 6.16. The summed E-state index contributed by atoms with van der Waals surface area (Å²) in [5.41, 5.74) is -0.303. The summed E-state index contributed by atoms with van der Waals surface area (Å²) in [4.78, 5) is 12.2. The number of nitrogens with zero attached hydrogens (tertiary/aromatic N) is 2. The molecular weight excluding hydrogens is 278 g/mol. The first kappa shape index (κ1) is 16.5. The van der Waals surface area contributed by atoms with Crippen molar-refractivity contribution in [3.8, 4) is 0 Å². The Bertz CT molecular complexity index is 564. The van der Waals surface area contributed by atoms with Crippen LogP contribution in [0.2, 0.25) is 0 Å². The minimum absolute atomic E-state index is 0.479. The topological polar surface area (TPSA) is 69.7 Å². The minimum atomic E-state index is -3.63. The predicted octanol–water partition coefficient (Wildman–Crippen LogP) is 1.81. The Morgan fingerprint density at radius 1 is 1.15 bits per heavy atom. The predicted molar refractivity (Wildman–Crippen MR) is 79.8 cm³/mol. The summed E-state index contributed by atoms with van der Waals surface area (Å²) in [6.45, 7) is 5.19. The monoisotopic (exact) mass is 299 g/mol. The third-order valence-electron chi connectivity index (χ3n) is 2.48. The number of benzene rings is 1. The Labute approximate surface area is 120 Å². The SMILES string of the molecule is CNC(=O)N(c1ccccc1)N(C(C)(C)C)S(C)(=O)=O. The van der Waals surface area contributed by atoms with Crippen molar-refractivity contribution in [3.63, 3.8) is 0 Å². The maximum atomic E-state index is 12.2. The molecule has 0 unspecified atom stereocenters. The summed E-state index contributed by atoms with van der Waals surface area (Å²) < 4.78 is 25.3. The second-order valence-corrected chi connectivity index (χ2v) is 7.19. The molecule has 0 saturated carbocycles. The summed E-state index contributed by atoms with van der Waals surface area (Å²) in [6, 6.07) is 8.13. The van der Waals surface area contributed by atoms with E-state index in [0.29, 0.717) is 5.69 Å². The highest BCUT2D eigenvalue weighted by Crippen LogP contribution is 2.26.